The van der Waals surface area contributed by atoms with Crippen molar-refractivity contribution in [2.24, 2.45) is 0 Å². The minimum Gasteiger partial charge on any atom is -0.379 e. The van der Waals surface area contributed by atoms with E-state index in [1.54, 1.807) is 18.2 Å². The molecule has 1 aliphatic rings. The second kappa shape index (κ2) is 7.14. The van der Waals surface area contributed by atoms with Gasteiger partial charge in [-0.25, -0.2) is 0 Å². The summed E-state index contributed by atoms with van der Waals surface area (Å²) in [5.41, 5.74) is 0.469. The van der Waals surface area contributed by atoms with Gasteiger partial charge in [0.15, 0.2) is 0 Å². The van der Waals surface area contributed by atoms with E-state index in [1.165, 1.54) is 0 Å². The zero-order valence-electron chi connectivity index (χ0n) is 10.6. The molecule has 1 aromatic carbocycles. The highest BCUT2D eigenvalue weighted by molar-refractivity contribution is 7.80. The fourth-order valence-electron chi connectivity index (χ4n) is 1.93. The van der Waals surface area contributed by atoms with Gasteiger partial charge in [0.2, 0.25) is 0 Å². The summed E-state index contributed by atoms with van der Waals surface area (Å²) in [6, 6.07) is 5.12. The van der Waals surface area contributed by atoms with E-state index in [1.807, 2.05) is 0 Å². The third kappa shape index (κ3) is 4.38. The molecule has 1 aromatic rings. The Morgan fingerprint density at radius 1 is 1.42 bits per heavy atom. The molecule has 6 heteroatoms. The van der Waals surface area contributed by atoms with Gasteiger partial charge in [-0.3, -0.25) is 9.69 Å². The predicted molar refractivity (Wildman–Crippen MR) is 78.3 cm³/mol. The molecule has 0 unspecified atom stereocenters. The first-order valence-electron chi connectivity index (χ1n) is 6.23. The van der Waals surface area contributed by atoms with Crippen LogP contribution in [0.15, 0.2) is 23.1 Å². The van der Waals surface area contributed by atoms with E-state index in [-0.39, 0.29) is 5.91 Å². The molecule has 2 rings (SSSR count). The van der Waals surface area contributed by atoms with Crippen LogP contribution in [0.4, 0.5) is 0 Å². The van der Waals surface area contributed by atoms with Crippen LogP contribution in [0.5, 0.6) is 0 Å². The van der Waals surface area contributed by atoms with Crippen molar-refractivity contribution >= 4 is 30.1 Å². The van der Waals surface area contributed by atoms with Crippen molar-refractivity contribution in [2.45, 2.75) is 4.90 Å². The fraction of sp³-hybridized carbons (Fsp3) is 0.462. The summed E-state index contributed by atoms with van der Waals surface area (Å²) in [7, 11) is 0. The maximum absolute atomic E-state index is 12.0. The first-order chi connectivity index (χ1) is 9.16. The number of nitrogens with one attached hydrogen (secondary N) is 1. The summed E-state index contributed by atoms with van der Waals surface area (Å²) in [5, 5.41) is 3.32. The van der Waals surface area contributed by atoms with Crippen LogP contribution >= 0.6 is 24.2 Å². The number of benzene rings is 1. The second-order valence-electron chi connectivity index (χ2n) is 4.37. The molecule has 0 spiro atoms. The molecule has 1 N–H and O–H groups in total. The lowest BCUT2D eigenvalue weighted by Crippen LogP contribution is -2.41. The molecule has 0 radical (unpaired) electrons. The van der Waals surface area contributed by atoms with Gasteiger partial charge in [-0.15, -0.1) is 12.6 Å². The van der Waals surface area contributed by atoms with Crippen LogP contribution in [0.3, 0.4) is 0 Å². The number of morpholine rings is 1. The largest absolute Gasteiger partial charge is 0.379 e. The summed E-state index contributed by atoms with van der Waals surface area (Å²) >= 11 is 10.2. The van der Waals surface area contributed by atoms with Crippen molar-refractivity contribution in [3.63, 3.8) is 0 Å². The number of carbonyl (C=O) groups is 1. The number of halogens is 1. The molecular formula is C13H17ClN2O2S. The predicted octanol–water partition coefficient (Wildman–Crippen LogP) is 1.69. The number of hydrogen-bond donors (Lipinski definition) is 2. The van der Waals surface area contributed by atoms with Gasteiger partial charge >= 0.3 is 0 Å². The SMILES string of the molecule is O=C(NCCN1CCOCC1)c1cc(S)ccc1Cl. The van der Waals surface area contributed by atoms with Crippen molar-refractivity contribution in [3.8, 4) is 0 Å². The Morgan fingerprint density at radius 2 is 2.16 bits per heavy atom. The minimum atomic E-state index is -0.158. The molecular weight excluding hydrogens is 284 g/mol. The summed E-state index contributed by atoms with van der Waals surface area (Å²) in [6.45, 7) is 4.80. The number of rotatable bonds is 4. The topological polar surface area (TPSA) is 41.6 Å². The van der Waals surface area contributed by atoms with Gasteiger partial charge in [0.05, 0.1) is 23.8 Å². The van der Waals surface area contributed by atoms with Crippen LogP contribution in [0, 0.1) is 0 Å². The number of thiol groups is 1. The Bertz CT molecular complexity index is 450. The van der Waals surface area contributed by atoms with E-state index in [0.717, 1.165) is 37.7 Å². The van der Waals surface area contributed by atoms with Crippen molar-refractivity contribution in [1.29, 1.82) is 0 Å². The van der Waals surface area contributed by atoms with Crippen molar-refractivity contribution < 1.29 is 9.53 Å². The molecule has 0 bridgehead atoms. The Morgan fingerprint density at radius 3 is 2.89 bits per heavy atom. The highest BCUT2D eigenvalue weighted by Gasteiger charge is 2.12. The first kappa shape index (κ1) is 14.7. The zero-order chi connectivity index (χ0) is 13.7. The number of amides is 1. The Labute approximate surface area is 123 Å². The van der Waals surface area contributed by atoms with E-state index in [9.17, 15) is 4.79 Å². The molecule has 1 amide bonds. The number of ether oxygens (including phenoxy) is 1. The molecule has 0 aliphatic carbocycles. The van der Waals surface area contributed by atoms with E-state index in [0.29, 0.717) is 17.1 Å². The normalized spacial score (nSPS) is 16.3. The smallest absolute Gasteiger partial charge is 0.252 e. The van der Waals surface area contributed by atoms with Crippen LogP contribution in [0.25, 0.3) is 0 Å². The van der Waals surface area contributed by atoms with E-state index >= 15 is 0 Å². The Kier molecular flexibility index (Phi) is 5.51. The van der Waals surface area contributed by atoms with Gasteiger partial charge in [0, 0.05) is 31.1 Å². The number of carbonyl (C=O) groups excluding carboxylic acids is 1. The maximum Gasteiger partial charge on any atom is 0.252 e. The monoisotopic (exact) mass is 300 g/mol. The van der Waals surface area contributed by atoms with Crippen LogP contribution in [0.2, 0.25) is 5.02 Å². The number of nitrogens with zero attached hydrogens (tertiary/aromatic N) is 1. The average Bonchev–Trinajstić information content (AvgIpc) is 2.42. The lowest BCUT2D eigenvalue weighted by Gasteiger charge is -2.26. The third-order valence-electron chi connectivity index (χ3n) is 3.01. The molecule has 104 valence electrons. The highest BCUT2D eigenvalue weighted by Crippen LogP contribution is 2.19. The van der Waals surface area contributed by atoms with Gasteiger partial charge in [-0.1, -0.05) is 11.6 Å². The average molecular weight is 301 g/mol. The Balaban J connectivity index is 1.82. The molecule has 0 aromatic heterocycles. The summed E-state index contributed by atoms with van der Waals surface area (Å²) < 4.78 is 5.27. The molecule has 4 nitrogen and oxygen atoms in total. The van der Waals surface area contributed by atoms with Gasteiger partial charge in [-0.2, -0.15) is 0 Å². The van der Waals surface area contributed by atoms with E-state index in [2.05, 4.69) is 22.8 Å². The van der Waals surface area contributed by atoms with Gasteiger partial charge in [-0.05, 0) is 18.2 Å². The van der Waals surface area contributed by atoms with Crippen LogP contribution in [-0.2, 0) is 4.74 Å². The summed E-state index contributed by atoms with van der Waals surface area (Å²) in [4.78, 5) is 15.0. The van der Waals surface area contributed by atoms with Crippen LogP contribution in [0.1, 0.15) is 10.4 Å². The first-order valence-corrected chi connectivity index (χ1v) is 7.06. The zero-order valence-corrected chi connectivity index (χ0v) is 12.2. The molecule has 19 heavy (non-hydrogen) atoms. The summed E-state index contributed by atoms with van der Waals surface area (Å²) in [5.74, 6) is -0.158. The third-order valence-corrected chi connectivity index (χ3v) is 3.62. The van der Waals surface area contributed by atoms with E-state index in [4.69, 9.17) is 16.3 Å². The fourth-order valence-corrected chi connectivity index (χ4v) is 2.34. The summed E-state index contributed by atoms with van der Waals surface area (Å²) in [6.07, 6.45) is 0. The van der Waals surface area contributed by atoms with Crippen molar-refractivity contribution in [1.82, 2.24) is 10.2 Å². The second-order valence-corrected chi connectivity index (χ2v) is 5.30. The highest BCUT2D eigenvalue weighted by atomic mass is 35.5. The molecule has 0 atom stereocenters. The minimum absolute atomic E-state index is 0.158. The van der Waals surface area contributed by atoms with Crippen LogP contribution in [-0.4, -0.2) is 50.2 Å². The Hall–Kier alpha value is -0.750. The van der Waals surface area contributed by atoms with Gasteiger partial charge < -0.3 is 10.1 Å². The number of hydrogen-bond acceptors (Lipinski definition) is 4. The quantitative estimate of drug-likeness (QED) is 0.832. The lowest BCUT2D eigenvalue weighted by molar-refractivity contribution is 0.0383. The maximum atomic E-state index is 12.0. The van der Waals surface area contributed by atoms with Crippen molar-refractivity contribution in [2.75, 3.05) is 39.4 Å². The van der Waals surface area contributed by atoms with Gasteiger partial charge in [0.25, 0.3) is 5.91 Å². The molecule has 1 saturated heterocycles. The van der Waals surface area contributed by atoms with Crippen molar-refractivity contribution in [3.05, 3.63) is 28.8 Å². The standard InChI is InChI=1S/C13H17ClN2O2S/c14-12-2-1-10(19)9-11(12)13(17)15-3-4-16-5-7-18-8-6-16/h1-2,9,19H,3-8H2,(H,15,17). The van der Waals surface area contributed by atoms with E-state index < -0.39 is 0 Å². The van der Waals surface area contributed by atoms with Gasteiger partial charge in [0.1, 0.15) is 0 Å². The molecule has 0 saturated carbocycles. The molecule has 1 heterocycles. The molecule has 1 aliphatic heterocycles. The molecule has 1 fully saturated rings. The lowest BCUT2D eigenvalue weighted by atomic mass is 10.2. The van der Waals surface area contributed by atoms with Crippen LogP contribution < -0.4 is 5.32 Å².